The Bertz CT molecular complexity index is 968. The van der Waals surface area contributed by atoms with E-state index in [4.69, 9.17) is 4.74 Å². The number of carbonyl (C=O) groups is 1. The minimum Gasteiger partial charge on any atom is -0.484 e. The molecule has 0 aromatic heterocycles. The number of rotatable bonds is 6. The van der Waals surface area contributed by atoms with Crippen LogP contribution in [0, 0.1) is 6.92 Å². The van der Waals surface area contributed by atoms with Crippen molar-refractivity contribution in [3.8, 4) is 5.75 Å². The molecule has 1 heterocycles. The quantitative estimate of drug-likeness (QED) is 0.757. The summed E-state index contributed by atoms with van der Waals surface area (Å²) in [6.07, 6.45) is 3.59. The maximum Gasteiger partial charge on any atom is 0.262 e. The molecule has 3 rings (SSSR count). The second-order valence-corrected chi connectivity index (χ2v) is 8.60. The van der Waals surface area contributed by atoms with Crippen molar-refractivity contribution < 1.29 is 17.9 Å². The lowest BCUT2D eigenvalue weighted by Crippen LogP contribution is -2.30. The van der Waals surface area contributed by atoms with Gasteiger partial charge in [0.05, 0.1) is 4.90 Å². The van der Waals surface area contributed by atoms with Crippen LogP contribution in [0.2, 0.25) is 0 Å². The van der Waals surface area contributed by atoms with E-state index in [1.807, 2.05) is 19.1 Å². The van der Waals surface area contributed by atoms with E-state index in [-0.39, 0.29) is 17.4 Å². The molecule has 8 heteroatoms. The third kappa shape index (κ3) is 6.32. The highest BCUT2D eigenvalue weighted by Crippen LogP contribution is 2.16. The summed E-state index contributed by atoms with van der Waals surface area (Å²) in [5.74, 6) is 0.792. The zero-order valence-corrected chi connectivity index (χ0v) is 17.2. The van der Waals surface area contributed by atoms with E-state index in [1.54, 1.807) is 24.3 Å². The monoisotopic (exact) mass is 415 g/mol. The first kappa shape index (κ1) is 20.9. The van der Waals surface area contributed by atoms with Gasteiger partial charge in [0.1, 0.15) is 11.6 Å². The van der Waals surface area contributed by atoms with Crippen molar-refractivity contribution in [3.63, 3.8) is 0 Å². The van der Waals surface area contributed by atoms with Gasteiger partial charge in [0.15, 0.2) is 6.61 Å². The Balaban J connectivity index is 1.55. The molecule has 0 aliphatic carbocycles. The second-order valence-electron chi connectivity index (χ2n) is 6.92. The molecule has 2 aromatic rings. The molecule has 154 valence electrons. The van der Waals surface area contributed by atoms with Gasteiger partial charge in [0.25, 0.3) is 15.9 Å². The summed E-state index contributed by atoms with van der Waals surface area (Å²) in [5, 5.41) is 2.69. The Morgan fingerprint density at radius 3 is 2.48 bits per heavy atom. The van der Waals surface area contributed by atoms with E-state index in [9.17, 15) is 13.2 Å². The Labute approximate surface area is 171 Å². The van der Waals surface area contributed by atoms with E-state index in [0.717, 1.165) is 24.8 Å². The highest BCUT2D eigenvalue weighted by Gasteiger charge is 2.17. The number of ether oxygens (including phenoxy) is 1. The third-order valence-corrected chi connectivity index (χ3v) is 5.86. The summed E-state index contributed by atoms with van der Waals surface area (Å²) in [4.78, 5) is 16.5. The number of hydrogen-bond donors (Lipinski definition) is 2. The molecule has 0 saturated heterocycles. The van der Waals surface area contributed by atoms with Gasteiger partial charge < -0.3 is 10.1 Å². The summed E-state index contributed by atoms with van der Waals surface area (Å²) in [6.45, 7) is 2.48. The van der Waals surface area contributed by atoms with Gasteiger partial charge in [-0.05, 0) is 56.2 Å². The third-order valence-electron chi connectivity index (χ3n) is 4.47. The first-order chi connectivity index (χ1) is 13.9. The van der Waals surface area contributed by atoms with Gasteiger partial charge in [0, 0.05) is 18.7 Å². The molecule has 0 fully saturated rings. The molecule has 2 aromatic carbocycles. The minimum atomic E-state index is -3.69. The van der Waals surface area contributed by atoms with Gasteiger partial charge in [-0.15, -0.1) is 0 Å². The standard InChI is InChI=1S/C21H25N3O4S/c1-16-6-10-18(11-7-16)28-15-21(25)23-17-8-12-19(13-9-17)29(26,27)24-20-5-3-2-4-14-22-20/h6-13H,2-5,14-15H2,1H3,(H,22,24)(H,23,25). The van der Waals surface area contributed by atoms with E-state index < -0.39 is 10.0 Å². The highest BCUT2D eigenvalue weighted by molar-refractivity contribution is 7.90. The maximum atomic E-state index is 12.5. The van der Waals surface area contributed by atoms with E-state index in [0.29, 0.717) is 30.2 Å². The van der Waals surface area contributed by atoms with E-state index in [2.05, 4.69) is 15.0 Å². The number of hydrogen-bond acceptors (Lipinski definition) is 5. The van der Waals surface area contributed by atoms with E-state index in [1.165, 1.54) is 12.1 Å². The smallest absolute Gasteiger partial charge is 0.262 e. The molecular formula is C21H25N3O4S. The molecule has 29 heavy (non-hydrogen) atoms. The molecule has 1 aliphatic rings. The number of aliphatic imine (C=N–C) groups is 1. The predicted octanol–water partition coefficient (Wildman–Crippen LogP) is 3.26. The normalized spacial score (nSPS) is 14.4. The van der Waals surface area contributed by atoms with E-state index >= 15 is 0 Å². The number of sulfonamides is 1. The van der Waals surface area contributed by atoms with Crippen molar-refractivity contribution in [3.05, 3.63) is 54.1 Å². The summed E-state index contributed by atoms with van der Waals surface area (Å²) < 4.78 is 33.1. The molecule has 0 unspecified atom stereocenters. The number of nitrogens with one attached hydrogen (secondary N) is 2. The SMILES string of the molecule is Cc1ccc(OCC(=O)Nc2ccc(S(=O)(=O)NC3=NCCCCC3)cc2)cc1. The minimum absolute atomic E-state index is 0.123. The highest BCUT2D eigenvalue weighted by atomic mass is 32.2. The van der Waals surface area contributed by atoms with Crippen molar-refractivity contribution >= 4 is 27.5 Å². The Hall–Kier alpha value is -2.87. The van der Waals surface area contributed by atoms with Crippen LogP contribution in [0.25, 0.3) is 0 Å². The first-order valence-electron chi connectivity index (χ1n) is 9.58. The van der Waals surface area contributed by atoms with Crippen LogP contribution in [0.1, 0.15) is 31.2 Å². The van der Waals surface area contributed by atoms with Crippen LogP contribution in [0.4, 0.5) is 5.69 Å². The molecule has 2 N–H and O–H groups in total. The van der Waals surface area contributed by atoms with Crippen LogP contribution in [0.5, 0.6) is 5.75 Å². The number of amides is 1. The zero-order chi connectivity index (χ0) is 20.7. The molecule has 0 saturated carbocycles. The average molecular weight is 416 g/mol. The Morgan fingerprint density at radius 1 is 1.03 bits per heavy atom. The van der Waals surface area contributed by atoms with Gasteiger partial charge >= 0.3 is 0 Å². The van der Waals surface area contributed by atoms with Crippen LogP contribution >= 0.6 is 0 Å². The van der Waals surface area contributed by atoms with Gasteiger partial charge in [-0.3, -0.25) is 14.5 Å². The van der Waals surface area contributed by atoms with Gasteiger partial charge in [-0.1, -0.05) is 24.1 Å². The lowest BCUT2D eigenvalue weighted by atomic mass is 10.2. The lowest BCUT2D eigenvalue weighted by molar-refractivity contribution is -0.118. The van der Waals surface area contributed by atoms with Crippen molar-refractivity contribution in [2.24, 2.45) is 4.99 Å². The molecule has 7 nitrogen and oxygen atoms in total. The predicted molar refractivity (Wildman–Crippen MR) is 113 cm³/mol. The number of anilines is 1. The van der Waals surface area contributed by atoms with Gasteiger partial charge in [0.2, 0.25) is 0 Å². The number of carbonyl (C=O) groups excluding carboxylic acids is 1. The van der Waals surface area contributed by atoms with Crippen LogP contribution in [-0.2, 0) is 14.8 Å². The molecule has 0 atom stereocenters. The Morgan fingerprint density at radius 2 is 1.76 bits per heavy atom. The fraction of sp³-hybridized carbons (Fsp3) is 0.333. The van der Waals surface area contributed by atoms with Gasteiger partial charge in [-0.2, -0.15) is 0 Å². The van der Waals surface area contributed by atoms with Crippen LogP contribution in [0.3, 0.4) is 0 Å². The van der Waals surface area contributed by atoms with Crippen LogP contribution in [0.15, 0.2) is 58.4 Å². The maximum absolute atomic E-state index is 12.5. The number of aryl methyl sites for hydroxylation is 1. The first-order valence-corrected chi connectivity index (χ1v) is 11.1. The summed E-state index contributed by atoms with van der Waals surface area (Å²) in [5.41, 5.74) is 1.60. The molecular weight excluding hydrogens is 390 g/mol. The largest absolute Gasteiger partial charge is 0.484 e. The van der Waals surface area contributed by atoms with Crippen molar-refractivity contribution in [1.82, 2.24) is 4.72 Å². The summed E-state index contributed by atoms with van der Waals surface area (Å²) >= 11 is 0. The second kappa shape index (κ2) is 9.56. The summed E-state index contributed by atoms with van der Waals surface area (Å²) in [6, 6.07) is 13.4. The Kier molecular flexibility index (Phi) is 6.87. The number of nitrogens with zero attached hydrogens (tertiary/aromatic N) is 1. The number of benzene rings is 2. The number of amidine groups is 1. The lowest BCUT2D eigenvalue weighted by Gasteiger charge is -2.11. The van der Waals surface area contributed by atoms with Crippen LogP contribution < -0.4 is 14.8 Å². The molecule has 1 aliphatic heterocycles. The fourth-order valence-electron chi connectivity index (χ4n) is 2.87. The zero-order valence-electron chi connectivity index (χ0n) is 16.3. The molecule has 0 radical (unpaired) electrons. The molecule has 0 bridgehead atoms. The summed E-state index contributed by atoms with van der Waals surface area (Å²) in [7, 11) is -3.69. The molecule has 0 spiro atoms. The van der Waals surface area contributed by atoms with Gasteiger partial charge in [-0.25, -0.2) is 8.42 Å². The van der Waals surface area contributed by atoms with Crippen molar-refractivity contribution in [2.45, 2.75) is 37.5 Å². The topological polar surface area (TPSA) is 96.9 Å². The average Bonchev–Trinajstić information content (AvgIpc) is 2.96. The van der Waals surface area contributed by atoms with Crippen LogP contribution in [-0.4, -0.2) is 33.3 Å². The van der Waals surface area contributed by atoms with Crippen molar-refractivity contribution in [1.29, 1.82) is 0 Å². The fourth-order valence-corrected chi connectivity index (χ4v) is 3.96. The molecule has 1 amide bonds. The van der Waals surface area contributed by atoms with Crippen molar-refractivity contribution in [2.75, 3.05) is 18.5 Å².